The first-order chi connectivity index (χ1) is 9.34. The van der Waals surface area contributed by atoms with Gasteiger partial charge in [0, 0.05) is 23.0 Å². The Labute approximate surface area is 124 Å². The van der Waals surface area contributed by atoms with E-state index in [1.807, 2.05) is 6.26 Å². The summed E-state index contributed by atoms with van der Waals surface area (Å²) < 4.78 is 10.3. The Morgan fingerprint density at radius 1 is 1.30 bits per heavy atom. The van der Waals surface area contributed by atoms with E-state index in [0.717, 1.165) is 0 Å². The highest BCUT2D eigenvalue weighted by Gasteiger charge is 2.20. The number of ether oxygens (including phenoxy) is 2. The molecule has 1 aromatic carbocycles. The number of hydrogen-bond acceptors (Lipinski definition) is 5. The zero-order valence-corrected chi connectivity index (χ0v) is 13.4. The molecule has 112 valence electrons. The SMILES string of the molecule is COc1cc(N)c(C(=O)NCC(C)(C)SC)cc1OC. The molecule has 0 saturated carbocycles. The van der Waals surface area contributed by atoms with Gasteiger partial charge in [-0.3, -0.25) is 4.79 Å². The number of nitrogens with one attached hydrogen (secondary N) is 1. The van der Waals surface area contributed by atoms with Crippen molar-refractivity contribution in [3.8, 4) is 11.5 Å². The van der Waals surface area contributed by atoms with Crippen molar-refractivity contribution >= 4 is 23.4 Å². The minimum absolute atomic E-state index is 0.0268. The number of nitrogen functional groups attached to an aromatic ring is 1. The van der Waals surface area contributed by atoms with Crippen molar-refractivity contribution < 1.29 is 14.3 Å². The third-order valence-electron chi connectivity index (χ3n) is 3.03. The van der Waals surface area contributed by atoms with Gasteiger partial charge in [-0.05, 0) is 26.2 Å². The molecule has 6 heteroatoms. The molecule has 0 spiro atoms. The van der Waals surface area contributed by atoms with Crippen molar-refractivity contribution in [2.45, 2.75) is 18.6 Å². The third kappa shape index (κ3) is 3.96. The highest BCUT2D eigenvalue weighted by Crippen LogP contribution is 2.32. The number of nitrogens with two attached hydrogens (primary N) is 1. The molecule has 0 saturated heterocycles. The summed E-state index contributed by atoms with van der Waals surface area (Å²) in [4.78, 5) is 12.2. The summed E-state index contributed by atoms with van der Waals surface area (Å²) in [6.45, 7) is 4.69. The maximum absolute atomic E-state index is 12.2. The van der Waals surface area contributed by atoms with E-state index in [-0.39, 0.29) is 10.7 Å². The molecule has 1 rings (SSSR count). The lowest BCUT2D eigenvalue weighted by Crippen LogP contribution is -2.36. The summed E-state index contributed by atoms with van der Waals surface area (Å²) >= 11 is 1.69. The van der Waals surface area contributed by atoms with Gasteiger partial charge in [-0.25, -0.2) is 0 Å². The highest BCUT2D eigenvalue weighted by atomic mass is 32.2. The second-order valence-electron chi connectivity index (χ2n) is 4.94. The Morgan fingerprint density at radius 2 is 1.85 bits per heavy atom. The van der Waals surface area contributed by atoms with Crippen LogP contribution in [0.15, 0.2) is 12.1 Å². The van der Waals surface area contributed by atoms with Crippen LogP contribution in [0.5, 0.6) is 11.5 Å². The Hall–Kier alpha value is -1.56. The summed E-state index contributed by atoms with van der Waals surface area (Å²) in [6, 6.07) is 3.18. The molecule has 5 nitrogen and oxygen atoms in total. The van der Waals surface area contributed by atoms with Crippen LogP contribution in [0.3, 0.4) is 0 Å². The fourth-order valence-corrected chi connectivity index (χ4v) is 1.77. The molecule has 0 aliphatic heterocycles. The van der Waals surface area contributed by atoms with Crippen molar-refractivity contribution in [2.75, 3.05) is 32.8 Å². The third-order valence-corrected chi connectivity index (χ3v) is 4.28. The Bertz CT molecular complexity index is 490. The van der Waals surface area contributed by atoms with Crippen molar-refractivity contribution in [1.29, 1.82) is 0 Å². The molecule has 0 radical (unpaired) electrons. The number of anilines is 1. The molecule has 1 aromatic rings. The lowest BCUT2D eigenvalue weighted by Gasteiger charge is -2.22. The van der Waals surface area contributed by atoms with E-state index in [0.29, 0.717) is 29.3 Å². The Morgan fingerprint density at radius 3 is 2.35 bits per heavy atom. The van der Waals surface area contributed by atoms with Crippen LogP contribution < -0.4 is 20.5 Å². The molecule has 0 heterocycles. The Balaban J connectivity index is 2.93. The largest absolute Gasteiger partial charge is 0.493 e. The maximum Gasteiger partial charge on any atom is 0.253 e. The molecule has 0 aliphatic rings. The van der Waals surface area contributed by atoms with Crippen LogP contribution in [0, 0.1) is 0 Å². The number of hydrogen-bond donors (Lipinski definition) is 2. The fourth-order valence-electron chi connectivity index (χ4n) is 1.55. The van der Waals surface area contributed by atoms with Gasteiger partial charge in [-0.2, -0.15) is 11.8 Å². The monoisotopic (exact) mass is 298 g/mol. The molecular formula is C14H22N2O3S. The van der Waals surface area contributed by atoms with Crippen LogP contribution in [-0.4, -0.2) is 37.7 Å². The molecule has 0 aliphatic carbocycles. The molecule has 0 bridgehead atoms. The number of methoxy groups -OCH3 is 2. The van der Waals surface area contributed by atoms with Crippen molar-refractivity contribution in [3.63, 3.8) is 0 Å². The molecule has 1 amide bonds. The van der Waals surface area contributed by atoms with Gasteiger partial charge in [-0.1, -0.05) is 0 Å². The number of carbonyl (C=O) groups excluding carboxylic acids is 1. The summed E-state index contributed by atoms with van der Waals surface area (Å²) in [7, 11) is 3.05. The van der Waals surface area contributed by atoms with Gasteiger partial charge in [0.2, 0.25) is 0 Å². The molecular weight excluding hydrogens is 276 g/mol. The molecule has 0 unspecified atom stereocenters. The van der Waals surface area contributed by atoms with E-state index in [9.17, 15) is 4.79 Å². The topological polar surface area (TPSA) is 73.6 Å². The number of benzene rings is 1. The van der Waals surface area contributed by atoms with E-state index < -0.39 is 0 Å². The minimum atomic E-state index is -0.217. The first kappa shape index (κ1) is 16.5. The van der Waals surface area contributed by atoms with E-state index >= 15 is 0 Å². The van der Waals surface area contributed by atoms with Gasteiger partial charge in [0.15, 0.2) is 11.5 Å². The molecule has 0 aromatic heterocycles. The molecule has 3 N–H and O–H groups in total. The standard InChI is InChI=1S/C14H22N2O3S/c1-14(2,20-5)8-16-13(17)9-6-11(18-3)12(19-4)7-10(9)15/h6-7H,8,15H2,1-5H3,(H,16,17). The maximum atomic E-state index is 12.2. The lowest BCUT2D eigenvalue weighted by molar-refractivity contribution is 0.0951. The van der Waals surface area contributed by atoms with E-state index in [4.69, 9.17) is 15.2 Å². The van der Waals surface area contributed by atoms with Crippen molar-refractivity contribution in [1.82, 2.24) is 5.32 Å². The Kier molecular flexibility index (Phi) is 5.56. The predicted molar refractivity (Wildman–Crippen MR) is 83.9 cm³/mol. The second kappa shape index (κ2) is 6.74. The van der Waals surface area contributed by atoms with Crippen LogP contribution in [-0.2, 0) is 0 Å². The number of carbonyl (C=O) groups is 1. The molecule has 0 atom stereocenters. The average Bonchev–Trinajstić information content (AvgIpc) is 2.44. The van der Waals surface area contributed by atoms with E-state index in [1.165, 1.54) is 14.2 Å². The lowest BCUT2D eigenvalue weighted by atomic mass is 10.1. The van der Waals surface area contributed by atoms with Crippen LogP contribution in [0.1, 0.15) is 24.2 Å². The van der Waals surface area contributed by atoms with Crippen LogP contribution >= 0.6 is 11.8 Å². The normalized spacial score (nSPS) is 11.1. The minimum Gasteiger partial charge on any atom is -0.493 e. The van der Waals surface area contributed by atoms with Crippen LogP contribution in [0.25, 0.3) is 0 Å². The summed E-state index contributed by atoms with van der Waals surface area (Å²) in [5.41, 5.74) is 6.64. The fraction of sp³-hybridized carbons (Fsp3) is 0.500. The molecule has 0 fully saturated rings. The number of amides is 1. The van der Waals surface area contributed by atoms with Crippen molar-refractivity contribution in [3.05, 3.63) is 17.7 Å². The smallest absolute Gasteiger partial charge is 0.253 e. The van der Waals surface area contributed by atoms with Crippen LogP contribution in [0.4, 0.5) is 5.69 Å². The summed E-state index contributed by atoms with van der Waals surface area (Å²) in [5, 5.41) is 2.88. The first-order valence-corrected chi connectivity index (χ1v) is 7.42. The van der Waals surface area contributed by atoms with Gasteiger partial charge >= 0.3 is 0 Å². The van der Waals surface area contributed by atoms with Gasteiger partial charge in [0.25, 0.3) is 5.91 Å². The quantitative estimate of drug-likeness (QED) is 0.787. The van der Waals surface area contributed by atoms with Gasteiger partial charge < -0.3 is 20.5 Å². The zero-order valence-electron chi connectivity index (χ0n) is 12.6. The average molecular weight is 298 g/mol. The summed E-state index contributed by atoms with van der Waals surface area (Å²) in [5.74, 6) is 0.771. The number of thioether (sulfide) groups is 1. The summed E-state index contributed by atoms with van der Waals surface area (Å²) in [6.07, 6.45) is 2.01. The van der Waals surface area contributed by atoms with Gasteiger partial charge in [0.1, 0.15) is 0 Å². The van der Waals surface area contributed by atoms with E-state index in [1.54, 1.807) is 23.9 Å². The van der Waals surface area contributed by atoms with Crippen LogP contribution in [0.2, 0.25) is 0 Å². The van der Waals surface area contributed by atoms with E-state index in [2.05, 4.69) is 19.2 Å². The number of rotatable bonds is 6. The highest BCUT2D eigenvalue weighted by molar-refractivity contribution is 7.99. The van der Waals surface area contributed by atoms with Gasteiger partial charge in [0.05, 0.1) is 19.8 Å². The van der Waals surface area contributed by atoms with Crippen molar-refractivity contribution in [2.24, 2.45) is 0 Å². The van der Waals surface area contributed by atoms with Gasteiger partial charge in [-0.15, -0.1) is 0 Å². The predicted octanol–water partition coefficient (Wildman–Crippen LogP) is 2.16. The zero-order chi connectivity index (χ0) is 15.3. The first-order valence-electron chi connectivity index (χ1n) is 6.19. The molecule has 20 heavy (non-hydrogen) atoms. The second-order valence-corrected chi connectivity index (χ2v) is 6.45.